The highest BCUT2D eigenvalue weighted by Gasteiger charge is 2.13. The number of aromatic nitrogens is 3. The molecule has 0 radical (unpaired) electrons. The summed E-state index contributed by atoms with van der Waals surface area (Å²) in [5.74, 6) is -0.0860. The lowest BCUT2D eigenvalue weighted by atomic mass is 10.0. The molecule has 4 rings (SSSR count). The Hall–Kier alpha value is -3.93. The van der Waals surface area contributed by atoms with Gasteiger partial charge < -0.3 is 10.4 Å². The first kappa shape index (κ1) is 17.5. The van der Waals surface area contributed by atoms with Gasteiger partial charge in [-0.1, -0.05) is 54.6 Å². The maximum absolute atomic E-state index is 12.4. The summed E-state index contributed by atoms with van der Waals surface area (Å²) in [6.07, 6.45) is 4.67. The van der Waals surface area contributed by atoms with E-state index in [1.807, 2.05) is 42.5 Å². The molecule has 0 atom stereocenters. The first-order valence-corrected chi connectivity index (χ1v) is 8.82. The Morgan fingerprint density at radius 2 is 1.75 bits per heavy atom. The molecule has 2 aromatic carbocycles. The van der Waals surface area contributed by atoms with E-state index in [1.165, 1.54) is 16.9 Å². The second kappa shape index (κ2) is 7.75. The molecule has 0 aliphatic carbocycles. The van der Waals surface area contributed by atoms with Crippen LogP contribution in [0.25, 0.3) is 16.9 Å². The SMILES string of the molecule is O=C(NCc1ccc(-c2ccccc2)cc1)c1cnc(-n2cccn2)cc1O. The molecule has 6 heteroatoms. The Bertz CT molecular complexity index is 1080. The van der Waals surface area contributed by atoms with Crippen molar-refractivity contribution in [3.8, 4) is 22.7 Å². The first-order chi connectivity index (χ1) is 13.7. The van der Waals surface area contributed by atoms with E-state index in [-0.39, 0.29) is 17.2 Å². The Morgan fingerprint density at radius 1 is 1.00 bits per heavy atom. The summed E-state index contributed by atoms with van der Waals surface area (Å²) in [6, 6.07) is 21.3. The zero-order valence-corrected chi connectivity index (χ0v) is 15.0. The predicted octanol–water partition coefficient (Wildman–Crippen LogP) is 3.57. The molecule has 0 unspecified atom stereocenters. The van der Waals surface area contributed by atoms with Gasteiger partial charge in [-0.05, 0) is 22.8 Å². The van der Waals surface area contributed by atoms with Crippen molar-refractivity contribution in [1.29, 1.82) is 0 Å². The number of hydrogen-bond donors (Lipinski definition) is 2. The summed E-state index contributed by atoms with van der Waals surface area (Å²) in [5.41, 5.74) is 3.35. The molecule has 1 amide bonds. The van der Waals surface area contributed by atoms with Gasteiger partial charge in [-0.25, -0.2) is 9.67 Å². The molecule has 0 spiro atoms. The van der Waals surface area contributed by atoms with Gasteiger partial charge in [0.2, 0.25) is 0 Å². The van der Waals surface area contributed by atoms with Crippen LogP contribution in [0.2, 0.25) is 0 Å². The molecular formula is C22H18N4O2. The minimum atomic E-state index is -0.385. The Kier molecular flexibility index (Phi) is 4.84. The van der Waals surface area contributed by atoms with Crippen molar-refractivity contribution < 1.29 is 9.90 Å². The molecule has 138 valence electrons. The second-order valence-electron chi connectivity index (χ2n) is 6.26. The topological polar surface area (TPSA) is 80.0 Å². The molecule has 2 aromatic heterocycles. The van der Waals surface area contributed by atoms with Crippen molar-refractivity contribution >= 4 is 5.91 Å². The zero-order valence-electron chi connectivity index (χ0n) is 15.0. The summed E-state index contributed by atoms with van der Waals surface area (Å²) < 4.78 is 1.51. The van der Waals surface area contributed by atoms with Gasteiger partial charge in [0.1, 0.15) is 5.75 Å². The van der Waals surface area contributed by atoms with Gasteiger partial charge in [0, 0.05) is 31.2 Å². The Balaban J connectivity index is 1.42. The summed E-state index contributed by atoms with van der Waals surface area (Å²) in [7, 11) is 0. The highest BCUT2D eigenvalue weighted by atomic mass is 16.3. The van der Waals surface area contributed by atoms with E-state index in [0.29, 0.717) is 12.4 Å². The minimum Gasteiger partial charge on any atom is -0.507 e. The number of rotatable bonds is 5. The summed E-state index contributed by atoms with van der Waals surface area (Å²) in [4.78, 5) is 16.6. The third-order valence-corrected chi connectivity index (χ3v) is 4.37. The van der Waals surface area contributed by atoms with Gasteiger partial charge in [0.05, 0.1) is 5.56 Å². The fraction of sp³-hybridized carbons (Fsp3) is 0.0455. The fourth-order valence-electron chi connectivity index (χ4n) is 2.86. The summed E-state index contributed by atoms with van der Waals surface area (Å²) in [6.45, 7) is 0.355. The molecule has 0 saturated heterocycles. The molecular weight excluding hydrogens is 352 g/mol. The quantitative estimate of drug-likeness (QED) is 0.563. The normalized spacial score (nSPS) is 10.6. The zero-order chi connectivity index (χ0) is 19.3. The van der Waals surface area contributed by atoms with Crippen molar-refractivity contribution in [2.75, 3.05) is 0 Å². The Labute approximate surface area is 162 Å². The highest BCUT2D eigenvalue weighted by Crippen LogP contribution is 2.20. The number of carbonyl (C=O) groups excluding carboxylic acids is 1. The van der Waals surface area contributed by atoms with E-state index in [1.54, 1.807) is 18.5 Å². The van der Waals surface area contributed by atoms with E-state index in [4.69, 9.17) is 0 Å². The lowest BCUT2D eigenvalue weighted by Crippen LogP contribution is -2.23. The molecule has 0 bridgehead atoms. The Morgan fingerprint density at radius 3 is 2.43 bits per heavy atom. The average Bonchev–Trinajstić information content (AvgIpc) is 3.28. The van der Waals surface area contributed by atoms with E-state index in [0.717, 1.165) is 16.7 Å². The number of aromatic hydroxyl groups is 1. The van der Waals surface area contributed by atoms with Crippen LogP contribution in [-0.2, 0) is 6.54 Å². The number of hydrogen-bond acceptors (Lipinski definition) is 4. The maximum atomic E-state index is 12.4. The number of nitrogens with zero attached hydrogens (tertiary/aromatic N) is 3. The first-order valence-electron chi connectivity index (χ1n) is 8.82. The molecule has 2 heterocycles. The average molecular weight is 370 g/mol. The van der Waals surface area contributed by atoms with Gasteiger partial charge in [-0.3, -0.25) is 4.79 Å². The maximum Gasteiger partial charge on any atom is 0.256 e. The van der Waals surface area contributed by atoms with Crippen LogP contribution in [-0.4, -0.2) is 25.8 Å². The van der Waals surface area contributed by atoms with Crippen LogP contribution in [0.1, 0.15) is 15.9 Å². The molecule has 28 heavy (non-hydrogen) atoms. The standard InChI is InChI=1S/C22H18N4O2/c27-20-13-21(26-12-4-11-25-26)23-15-19(20)22(28)24-14-16-7-9-18(10-8-16)17-5-2-1-3-6-17/h1-13,15H,14H2,(H,23,27)(H,24,28). The largest absolute Gasteiger partial charge is 0.507 e. The van der Waals surface area contributed by atoms with Crippen molar-refractivity contribution in [3.63, 3.8) is 0 Å². The molecule has 6 nitrogen and oxygen atoms in total. The molecule has 0 aliphatic rings. The molecule has 4 aromatic rings. The summed E-state index contributed by atoms with van der Waals surface area (Å²) >= 11 is 0. The fourth-order valence-corrected chi connectivity index (χ4v) is 2.86. The van der Waals surface area contributed by atoms with Crippen molar-refractivity contribution in [3.05, 3.63) is 96.4 Å². The van der Waals surface area contributed by atoms with Crippen LogP contribution >= 0.6 is 0 Å². The van der Waals surface area contributed by atoms with Gasteiger partial charge in [0.15, 0.2) is 5.82 Å². The van der Waals surface area contributed by atoms with Gasteiger partial charge in [-0.15, -0.1) is 0 Å². The monoisotopic (exact) mass is 370 g/mol. The van der Waals surface area contributed by atoms with E-state index in [2.05, 4.69) is 27.5 Å². The van der Waals surface area contributed by atoms with Crippen LogP contribution in [0.15, 0.2) is 85.3 Å². The van der Waals surface area contributed by atoms with Crippen LogP contribution in [0, 0.1) is 0 Å². The molecule has 0 aliphatic heterocycles. The number of benzene rings is 2. The smallest absolute Gasteiger partial charge is 0.256 e. The number of nitrogens with one attached hydrogen (secondary N) is 1. The third-order valence-electron chi connectivity index (χ3n) is 4.37. The third kappa shape index (κ3) is 3.76. The van der Waals surface area contributed by atoms with Crippen LogP contribution in [0.4, 0.5) is 0 Å². The van der Waals surface area contributed by atoms with E-state index < -0.39 is 0 Å². The van der Waals surface area contributed by atoms with Crippen molar-refractivity contribution in [2.24, 2.45) is 0 Å². The summed E-state index contributed by atoms with van der Waals surface area (Å²) in [5, 5.41) is 17.0. The van der Waals surface area contributed by atoms with Crippen LogP contribution in [0.5, 0.6) is 5.75 Å². The lowest BCUT2D eigenvalue weighted by molar-refractivity contribution is 0.0948. The van der Waals surface area contributed by atoms with Crippen molar-refractivity contribution in [1.82, 2.24) is 20.1 Å². The number of amides is 1. The van der Waals surface area contributed by atoms with E-state index in [9.17, 15) is 9.90 Å². The predicted molar refractivity (Wildman–Crippen MR) is 106 cm³/mol. The van der Waals surface area contributed by atoms with E-state index >= 15 is 0 Å². The molecule has 2 N–H and O–H groups in total. The van der Waals surface area contributed by atoms with Crippen LogP contribution < -0.4 is 5.32 Å². The van der Waals surface area contributed by atoms with Crippen LogP contribution in [0.3, 0.4) is 0 Å². The second-order valence-corrected chi connectivity index (χ2v) is 6.26. The van der Waals surface area contributed by atoms with Gasteiger partial charge >= 0.3 is 0 Å². The van der Waals surface area contributed by atoms with Crippen molar-refractivity contribution in [2.45, 2.75) is 6.54 Å². The molecule has 0 saturated carbocycles. The highest BCUT2D eigenvalue weighted by molar-refractivity contribution is 5.96. The lowest BCUT2D eigenvalue weighted by Gasteiger charge is -2.09. The van der Waals surface area contributed by atoms with Gasteiger partial charge in [-0.2, -0.15) is 5.10 Å². The molecule has 0 fully saturated rings. The van der Waals surface area contributed by atoms with Gasteiger partial charge in [0.25, 0.3) is 5.91 Å². The number of carbonyl (C=O) groups is 1. The number of pyridine rings is 1. The minimum absolute atomic E-state index is 0.122.